The van der Waals surface area contributed by atoms with Gasteiger partial charge in [0.05, 0.1) is 0 Å². The smallest absolute Gasteiger partial charge is 0.0410 e. The number of nitrogens with zero attached hydrogens (tertiary/aromatic N) is 1. The Morgan fingerprint density at radius 3 is 2.76 bits per heavy atom. The molecule has 0 radical (unpaired) electrons. The summed E-state index contributed by atoms with van der Waals surface area (Å²) in [6.45, 7) is 9.22. The van der Waals surface area contributed by atoms with E-state index >= 15 is 0 Å². The molecule has 0 amide bonds. The molecule has 0 aliphatic heterocycles. The summed E-state index contributed by atoms with van der Waals surface area (Å²) in [6, 6.07) is 2.23. The number of hydrogen-bond acceptors (Lipinski definition) is 2. The van der Waals surface area contributed by atoms with Crippen molar-refractivity contribution < 1.29 is 0 Å². The van der Waals surface area contributed by atoms with Crippen LogP contribution in [0.3, 0.4) is 0 Å². The number of hydrogen-bond donors (Lipinski definition) is 1. The summed E-state index contributed by atoms with van der Waals surface area (Å²) in [5.41, 5.74) is 1.38. The van der Waals surface area contributed by atoms with Gasteiger partial charge in [-0.25, -0.2) is 0 Å². The maximum atomic E-state index is 4.33. The standard InChI is InChI=1S/C18H29BrN2/c1-4-20-11-16-6-5-15(13(2)3)9-17(16)7-14-8-18(19)12-21-10-14/h8,10,12-13,15-17,20H,4-7,9,11H2,1-3H3. The molecule has 118 valence electrons. The van der Waals surface area contributed by atoms with Gasteiger partial charge in [-0.2, -0.15) is 0 Å². The van der Waals surface area contributed by atoms with Crippen LogP contribution < -0.4 is 5.32 Å². The molecule has 1 aromatic heterocycles. The van der Waals surface area contributed by atoms with E-state index in [1.807, 2.05) is 12.4 Å². The predicted octanol–water partition coefficient (Wildman–Crippen LogP) is 4.68. The first kappa shape index (κ1) is 17.0. The molecule has 0 spiro atoms. The SMILES string of the molecule is CCNCC1CCC(C(C)C)CC1Cc1cncc(Br)c1. The Bertz CT molecular complexity index is 433. The van der Waals surface area contributed by atoms with Gasteiger partial charge in [0.25, 0.3) is 0 Å². The van der Waals surface area contributed by atoms with E-state index in [2.05, 4.69) is 53.1 Å². The third kappa shape index (κ3) is 5.07. The van der Waals surface area contributed by atoms with Crippen LogP contribution in [0.4, 0.5) is 0 Å². The van der Waals surface area contributed by atoms with E-state index in [1.54, 1.807) is 0 Å². The van der Waals surface area contributed by atoms with E-state index in [0.717, 1.165) is 34.7 Å². The number of aromatic nitrogens is 1. The molecule has 3 atom stereocenters. The fourth-order valence-corrected chi connectivity index (χ4v) is 4.10. The van der Waals surface area contributed by atoms with Gasteiger partial charge in [-0.1, -0.05) is 20.8 Å². The number of nitrogens with one attached hydrogen (secondary N) is 1. The van der Waals surface area contributed by atoms with Gasteiger partial charge in [-0.05, 0) is 90.0 Å². The van der Waals surface area contributed by atoms with Crippen molar-refractivity contribution in [3.63, 3.8) is 0 Å². The van der Waals surface area contributed by atoms with E-state index < -0.39 is 0 Å². The highest BCUT2D eigenvalue weighted by atomic mass is 79.9. The van der Waals surface area contributed by atoms with Crippen molar-refractivity contribution in [3.8, 4) is 0 Å². The summed E-state index contributed by atoms with van der Waals surface area (Å²) in [7, 11) is 0. The highest BCUT2D eigenvalue weighted by molar-refractivity contribution is 9.10. The summed E-state index contributed by atoms with van der Waals surface area (Å²) in [5.74, 6) is 3.32. The molecule has 0 saturated heterocycles. The minimum atomic E-state index is 0.793. The summed E-state index contributed by atoms with van der Waals surface area (Å²) in [6.07, 6.45) is 9.24. The van der Waals surface area contributed by atoms with Gasteiger partial charge in [-0.3, -0.25) is 4.98 Å². The second-order valence-electron chi connectivity index (χ2n) is 6.86. The highest BCUT2D eigenvalue weighted by Crippen LogP contribution is 2.39. The van der Waals surface area contributed by atoms with Crippen molar-refractivity contribution in [1.82, 2.24) is 10.3 Å². The van der Waals surface area contributed by atoms with Crippen molar-refractivity contribution >= 4 is 15.9 Å². The zero-order chi connectivity index (χ0) is 15.2. The van der Waals surface area contributed by atoms with E-state index in [9.17, 15) is 0 Å². The quantitative estimate of drug-likeness (QED) is 0.803. The molecule has 1 aliphatic carbocycles. The molecule has 2 nitrogen and oxygen atoms in total. The molecule has 1 saturated carbocycles. The van der Waals surface area contributed by atoms with Crippen LogP contribution in [0.25, 0.3) is 0 Å². The van der Waals surface area contributed by atoms with Crippen molar-refractivity contribution in [2.24, 2.45) is 23.7 Å². The molecule has 21 heavy (non-hydrogen) atoms. The lowest BCUT2D eigenvalue weighted by Crippen LogP contribution is -2.35. The van der Waals surface area contributed by atoms with Crippen LogP contribution in [0, 0.1) is 23.7 Å². The minimum absolute atomic E-state index is 0.793. The van der Waals surface area contributed by atoms with E-state index in [1.165, 1.54) is 37.8 Å². The van der Waals surface area contributed by atoms with E-state index in [-0.39, 0.29) is 0 Å². The molecule has 0 aromatic carbocycles. The van der Waals surface area contributed by atoms with Crippen LogP contribution in [0.15, 0.2) is 22.9 Å². The number of halogens is 1. The summed E-state index contributed by atoms with van der Waals surface area (Å²) >= 11 is 3.54. The Morgan fingerprint density at radius 1 is 1.29 bits per heavy atom. The third-order valence-electron chi connectivity index (χ3n) is 5.04. The van der Waals surface area contributed by atoms with Gasteiger partial charge in [0.1, 0.15) is 0 Å². The Balaban J connectivity index is 2.05. The third-order valence-corrected chi connectivity index (χ3v) is 5.47. The zero-order valence-electron chi connectivity index (χ0n) is 13.6. The summed E-state index contributed by atoms with van der Waals surface area (Å²) < 4.78 is 1.10. The van der Waals surface area contributed by atoms with Gasteiger partial charge in [0.2, 0.25) is 0 Å². The predicted molar refractivity (Wildman–Crippen MR) is 93.3 cm³/mol. The van der Waals surface area contributed by atoms with Crippen LogP contribution in [-0.2, 0) is 6.42 Å². The maximum Gasteiger partial charge on any atom is 0.0410 e. The summed E-state index contributed by atoms with van der Waals surface area (Å²) in [4.78, 5) is 4.33. The van der Waals surface area contributed by atoms with Gasteiger partial charge in [-0.15, -0.1) is 0 Å². The van der Waals surface area contributed by atoms with Crippen molar-refractivity contribution in [3.05, 3.63) is 28.5 Å². The zero-order valence-corrected chi connectivity index (χ0v) is 15.2. The average Bonchev–Trinajstić information content (AvgIpc) is 2.46. The van der Waals surface area contributed by atoms with Crippen molar-refractivity contribution in [2.45, 2.75) is 46.5 Å². The van der Waals surface area contributed by atoms with E-state index in [4.69, 9.17) is 0 Å². The van der Waals surface area contributed by atoms with Crippen molar-refractivity contribution in [1.29, 1.82) is 0 Å². The van der Waals surface area contributed by atoms with Gasteiger partial charge in [0, 0.05) is 16.9 Å². The minimum Gasteiger partial charge on any atom is -0.317 e. The van der Waals surface area contributed by atoms with Gasteiger partial charge >= 0.3 is 0 Å². The first-order chi connectivity index (χ1) is 10.1. The molecule has 3 heteroatoms. The molecule has 1 fully saturated rings. The molecule has 3 unspecified atom stereocenters. The lowest BCUT2D eigenvalue weighted by atomic mass is 9.69. The van der Waals surface area contributed by atoms with Crippen LogP contribution in [0.1, 0.15) is 45.6 Å². The van der Waals surface area contributed by atoms with Gasteiger partial charge in [0.15, 0.2) is 0 Å². The number of rotatable bonds is 6. The maximum absolute atomic E-state index is 4.33. The molecule has 2 rings (SSSR count). The average molecular weight is 353 g/mol. The lowest BCUT2D eigenvalue weighted by Gasteiger charge is -2.38. The Kier molecular flexibility index (Phi) is 6.69. The molecule has 1 N–H and O–H groups in total. The van der Waals surface area contributed by atoms with Crippen LogP contribution in [0.5, 0.6) is 0 Å². The summed E-state index contributed by atoms with van der Waals surface area (Å²) in [5, 5.41) is 3.56. The first-order valence-corrected chi connectivity index (χ1v) is 9.19. The van der Waals surface area contributed by atoms with Crippen LogP contribution in [-0.4, -0.2) is 18.1 Å². The van der Waals surface area contributed by atoms with Crippen molar-refractivity contribution in [2.75, 3.05) is 13.1 Å². The van der Waals surface area contributed by atoms with Crippen LogP contribution in [0.2, 0.25) is 0 Å². The Hall–Kier alpha value is -0.410. The molecule has 1 aliphatic rings. The second-order valence-corrected chi connectivity index (χ2v) is 7.78. The normalized spacial score (nSPS) is 26.2. The molecule has 1 aromatic rings. The first-order valence-electron chi connectivity index (χ1n) is 8.40. The largest absolute Gasteiger partial charge is 0.317 e. The Labute approximate surface area is 138 Å². The fourth-order valence-electron chi connectivity index (χ4n) is 3.69. The molecule has 0 bridgehead atoms. The lowest BCUT2D eigenvalue weighted by molar-refractivity contribution is 0.145. The topological polar surface area (TPSA) is 24.9 Å². The molecular weight excluding hydrogens is 324 g/mol. The fraction of sp³-hybridized carbons (Fsp3) is 0.722. The second kappa shape index (κ2) is 8.28. The monoisotopic (exact) mass is 352 g/mol. The molecule has 1 heterocycles. The highest BCUT2D eigenvalue weighted by Gasteiger charge is 2.31. The Morgan fingerprint density at radius 2 is 2.10 bits per heavy atom. The molecular formula is C18H29BrN2. The number of pyridine rings is 1. The van der Waals surface area contributed by atoms with E-state index in [0.29, 0.717) is 0 Å². The van der Waals surface area contributed by atoms with Crippen LogP contribution >= 0.6 is 15.9 Å². The van der Waals surface area contributed by atoms with Gasteiger partial charge < -0.3 is 5.32 Å².